The molecule has 0 bridgehead atoms. The van der Waals surface area contributed by atoms with E-state index in [1.807, 2.05) is 6.92 Å². The lowest BCUT2D eigenvalue weighted by Gasteiger charge is -2.46. The van der Waals surface area contributed by atoms with Crippen LogP contribution in [0.25, 0.3) is 0 Å². The molecule has 1 aromatic rings. The normalized spacial score (nSPS) is 17.2. The molecule has 0 saturated carbocycles. The summed E-state index contributed by atoms with van der Waals surface area (Å²) in [4.78, 5) is 13.6. The number of likely N-dealkylation sites (tertiary alicyclic amines) is 1. The molecule has 1 aliphatic heterocycles. The molecule has 0 radical (unpaired) electrons. The Morgan fingerprint density at radius 1 is 1.50 bits per heavy atom. The first-order chi connectivity index (χ1) is 8.50. The molecular formula is C13H17NO4. The summed E-state index contributed by atoms with van der Waals surface area (Å²) in [6.07, 6.45) is 0.612. The largest absolute Gasteiger partial charge is 0.504 e. The number of carbonyl (C=O) groups is 1. The summed E-state index contributed by atoms with van der Waals surface area (Å²) in [5, 5.41) is 19.8. The van der Waals surface area contributed by atoms with Gasteiger partial charge in [-0.05, 0) is 18.6 Å². The molecule has 0 aromatic heterocycles. The molecule has 2 rings (SSSR count). The first-order valence-electron chi connectivity index (χ1n) is 5.88. The van der Waals surface area contributed by atoms with Crippen LogP contribution in [0.3, 0.4) is 0 Å². The van der Waals surface area contributed by atoms with Gasteiger partial charge in [0.15, 0.2) is 11.5 Å². The van der Waals surface area contributed by atoms with Crippen molar-refractivity contribution in [2.45, 2.75) is 18.9 Å². The highest BCUT2D eigenvalue weighted by atomic mass is 16.5. The number of carbonyl (C=O) groups excluding carboxylic acids is 1. The molecule has 1 saturated heterocycles. The summed E-state index contributed by atoms with van der Waals surface area (Å²) in [6.45, 7) is 2.49. The molecule has 18 heavy (non-hydrogen) atoms. The van der Waals surface area contributed by atoms with Crippen LogP contribution in [0.5, 0.6) is 11.5 Å². The summed E-state index contributed by atoms with van der Waals surface area (Å²) in [7, 11) is 1.43. The van der Waals surface area contributed by atoms with Gasteiger partial charge in [-0.3, -0.25) is 4.79 Å². The Morgan fingerprint density at radius 2 is 2.17 bits per heavy atom. The van der Waals surface area contributed by atoms with Crippen molar-refractivity contribution in [3.8, 4) is 11.5 Å². The number of nitrogens with zero attached hydrogens (tertiary/aromatic N) is 1. The van der Waals surface area contributed by atoms with Gasteiger partial charge in [-0.2, -0.15) is 0 Å². The maximum atomic E-state index is 12.1. The van der Waals surface area contributed by atoms with E-state index in [2.05, 4.69) is 0 Å². The molecule has 1 amide bonds. The van der Waals surface area contributed by atoms with Crippen LogP contribution in [0.15, 0.2) is 18.2 Å². The molecule has 1 aromatic carbocycles. The highest BCUT2D eigenvalue weighted by Crippen LogP contribution is 2.33. The molecule has 1 heterocycles. The van der Waals surface area contributed by atoms with E-state index in [0.29, 0.717) is 19.5 Å². The van der Waals surface area contributed by atoms with Crippen LogP contribution in [0, 0.1) is 0 Å². The summed E-state index contributed by atoms with van der Waals surface area (Å²) in [5.74, 6) is -0.173. The second-order valence-corrected chi connectivity index (χ2v) is 4.60. The van der Waals surface area contributed by atoms with E-state index in [1.165, 1.54) is 12.0 Å². The summed E-state index contributed by atoms with van der Waals surface area (Å²) >= 11 is 0. The second kappa shape index (κ2) is 4.49. The Kier molecular flexibility index (Phi) is 3.17. The average Bonchev–Trinajstić information content (AvgIpc) is 2.34. The van der Waals surface area contributed by atoms with Crippen molar-refractivity contribution in [3.05, 3.63) is 23.8 Å². The summed E-state index contributed by atoms with van der Waals surface area (Å²) < 4.78 is 4.96. The lowest BCUT2D eigenvalue weighted by atomic mass is 9.90. The quantitative estimate of drug-likeness (QED) is 0.840. The van der Waals surface area contributed by atoms with Crippen molar-refractivity contribution < 1.29 is 19.7 Å². The van der Waals surface area contributed by atoms with Crippen LogP contribution < -0.4 is 4.74 Å². The number of methoxy groups -OCH3 is 1. The van der Waals surface area contributed by atoms with Gasteiger partial charge in [0.2, 0.25) is 0 Å². The monoisotopic (exact) mass is 251 g/mol. The van der Waals surface area contributed by atoms with Gasteiger partial charge in [-0.15, -0.1) is 0 Å². The predicted molar refractivity (Wildman–Crippen MR) is 65.8 cm³/mol. The van der Waals surface area contributed by atoms with Crippen molar-refractivity contribution >= 4 is 5.91 Å². The zero-order valence-electron chi connectivity index (χ0n) is 10.5. The lowest BCUT2D eigenvalue weighted by Crippen LogP contribution is -2.63. The Bertz CT molecular complexity index is 466. The van der Waals surface area contributed by atoms with Gasteiger partial charge in [0.05, 0.1) is 31.4 Å². The fourth-order valence-corrected chi connectivity index (χ4v) is 2.06. The predicted octanol–water partition coefficient (Wildman–Crippen LogP) is 0.998. The standard InChI is InChI=1S/C13H17NO4/c1-3-13(17)7-14(8-13)12(16)9-5-4-6-10(18-2)11(9)15/h4-6,15,17H,3,7-8H2,1-2H3. The number of rotatable bonds is 3. The smallest absolute Gasteiger partial charge is 0.257 e. The van der Waals surface area contributed by atoms with Crippen LogP contribution in [0.1, 0.15) is 23.7 Å². The van der Waals surface area contributed by atoms with Crippen LogP contribution in [-0.2, 0) is 0 Å². The zero-order chi connectivity index (χ0) is 13.3. The Morgan fingerprint density at radius 3 is 2.72 bits per heavy atom. The van der Waals surface area contributed by atoms with Crippen LogP contribution in [0.4, 0.5) is 0 Å². The lowest BCUT2D eigenvalue weighted by molar-refractivity contribution is -0.0827. The third kappa shape index (κ3) is 2.01. The number of phenolic OH excluding ortho intramolecular Hbond substituents is 1. The van der Waals surface area contributed by atoms with Crippen molar-refractivity contribution in [1.29, 1.82) is 0 Å². The van der Waals surface area contributed by atoms with E-state index in [0.717, 1.165) is 0 Å². The number of ether oxygens (including phenoxy) is 1. The third-order valence-electron chi connectivity index (χ3n) is 3.37. The highest BCUT2D eigenvalue weighted by molar-refractivity contribution is 5.98. The second-order valence-electron chi connectivity index (χ2n) is 4.60. The maximum absolute atomic E-state index is 12.1. The molecule has 1 aliphatic rings. The zero-order valence-corrected chi connectivity index (χ0v) is 10.5. The number of hydrogen-bond acceptors (Lipinski definition) is 4. The Labute approximate surface area is 106 Å². The van der Waals surface area contributed by atoms with Gasteiger partial charge < -0.3 is 19.8 Å². The Balaban J connectivity index is 2.16. The van der Waals surface area contributed by atoms with Gasteiger partial charge in [-0.1, -0.05) is 13.0 Å². The third-order valence-corrected chi connectivity index (χ3v) is 3.37. The molecule has 0 atom stereocenters. The Hall–Kier alpha value is -1.75. The summed E-state index contributed by atoms with van der Waals surface area (Å²) in [6, 6.07) is 4.78. The van der Waals surface area contributed by atoms with Crippen LogP contribution in [0.2, 0.25) is 0 Å². The molecule has 0 spiro atoms. The van der Waals surface area contributed by atoms with Crippen molar-refractivity contribution in [3.63, 3.8) is 0 Å². The van der Waals surface area contributed by atoms with Gasteiger partial charge in [0.1, 0.15) is 0 Å². The first kappa shape index (κ1) is 12.7. The van der Waals surface area contributed by atoms with E-state index >= 15 is 0 Å². The highest BCUT2D eigenvalue weighted by Gasteiger charge is 2.42. The molecule has 0 aliphatic carbocycles. The van der Waals surface area contributed by atoms with Gasteiger partial charge in [0, 0.05) is 0 Å². The van der Waals surface area contributed by atoms with E-state index in [1.54, 1.807) is 18.2 Å². The first-order valence-corrected chi connectivity index (χ1v) is 5.88. The molecule has 1 fully saturated rings. The maximum Gasteiger partial charge on any atom is 0.257 e. The average molecular weight is 251 g/mol. The molecule has 0 unspecified atom stereocenters. The minimum Gasteiger partial charge on any atom is -0.504 e. The topological polar surface area (TPSA) is 70.0 Å². The molecule has 5 heteroatoms. The van der Waals surface area contributed by atoms with Crippen molar-refractivity contribution in [2.75, 3.05) is 20.2 Å². The number of para-hydroxylation sites is 1. The van der Waals surface area contributed by atoms with Gasteiger partial charge in [-0.25, -0.2) is 0 Å². The number of β-amino-alcohol motifs (C(OH)–C–C–N with tert-alkyl or cyclic N) is 1. The van der Waals surface area contributed by atoms with E-state index < -0.39 is 5.60 Å². The van der Waals surface area contributed by atoms with E-state index in [-0.39, 0.29) is 23.0 Å². The minimum absolute atomic E-state index is 0.156. The number of aromatic hydroxyl groups is 1. The minimum atomic E-state index is -0.774. The number of hydrogen-bond donors (Lipinski definition) is 2. The van der Waals surface area contributed by atoms with Crippen molar-refractivity contribution in [1.82, 2.24) is 4.90 Å². The van der Waals surface area contributed by atoms with Crippen molar-refractivity contribution in [2.24, 2.45) is 0 Å². The number of aliphatic hydroxyl groups is 1. The van der Waals surface area contributed by atoms with E-state index in [4.69, 9.17) is 4.74 Å². The van der Waals surface area contributed by atoms with Crippen LogP contribution >= 0.6 is 0 Å². The fraction of sp³-hybridized carbons (Fsp3) is 0.462. The fourth-order valence-electron chi connectivity index (χ4n) is 2.06. The SMILES string of the molecule is CCC1(O)CN(C(=O)c2cccc(OC)c2O)C1. The van der Waals surface area contributed by atoms with Crippen LogP contribution in [-0.4, -0.2) is 46.8 Å². The van der Waals surface area contributed by atoms with E-state index in [9.17, 15) is 15.0 Å². The molecule has 98 valence electrons. The number of benzene rings is 1. The molecule has 5 nitrogen and oxygen atoms in total. The number of amides is 1. The molecule has 2 N–H and O–H groups in total. The summed E-state index contributed by atoms with van der Waals surface area (Å²) in [5.41, 5.74) is -0.572. The van der Waals surface area contributed by atoms with Gasteiger partial charge in [0.25, 0.3) is 5.91 Å². The molecular weight excluding hydrogens is 234 g/mol. The number of phenols is 1. The van der Waals surface area contributed by atoms with Gasteiger partial charge >= 0.3 is 0 Å².